The van der Waals surface area contributed by atoms with Crippen LogP contribution >= 0.6 is 0 Å². The van der Waals surface area contributed by atoms with Crippen LogP contribution in [-0.4, -0.2) is 0 Å². The van der Waals surface area contributed by atoms with Gasteiger partial charge in [0.25, 0.3) is 0 Å². The van der Waals surface area contributed by atoms with E-state index < -0.39 is 0 Å². The molecule has 0 bridgehead atoms. The van der Waals surface area contributed by atoms with E-state index in [0.29, 0.717) is 6.54 Å². The molecule has 0 aromatic heterocycles. The van der Waals surface area contributed by atoms with Crippen molar-refractivity contribution in [3.63, 3.8) is 0 Å². The Hall–Kier alpha value is -0.860. The Kier molecular flexibility index (Phi) is 2.63. The average Bonchev–Trinajstić information content (AvgIpc) is 2.05. The Balaban J connectivity index is 2.83. The molecule has 2 nitrogen and oxygen atoms in total. The van der Waals surface area contributed by atoms with Gasteiger partial charge in [-0.15, -0.1) is 0 Å². The number of nitrogens with one attached hydrogen (secondary N) is 1. The fourth-order valence-corrected chi connectivity index (χ4v) is 0.939. The maximum atomic E-state index is 7.09. The Morgan fingerprint density at radius 2 is 1.91 bits per heavy atom. The van der Waals surface area contributed by atoms with E-state index in [9.17, 15) is 0 Å². The normalized spacial score (nSPS) is 13.0. The maximum absolute atomic E-state index is 7.09. The van der Waals surface area contributed by atoms with Crippen LogP contribution in [0, 0.1) is 0 Å². The SMILES string of the molecule is CC(N)c1ccc(C[NH])cc1. The van der Waals surface area contributed by atoms with Gasteiger partial charge in [0.1, 0.15) is 0 Å². The van der Waals surface area contributed by atoms with Crippen LogP contribution in [0.2, 0.25) is 0 Å². The fourth-order valence-electron chi connectivity index (χ4n) is 0.939. The third kappa shape index (κ3) is 2.03. The van der Waals surface area contributed by atoms with Crippen LogP contribution in [0.25, 0.3) is 0 Å². The minimum atomic E-state index is 0.0924. The van der Waals surface area contributed by atoms with Gasteiger partial charge in [-0.2, -0.15) is 0 Å². The van der Waals surface area contributed by atoms with E-state index in [2.05, 4.69) is 0 Å². The van der Waals surface area contributed by atoms with E-state index >= 15 is 0 Å². The summed E-state index contributed by atoms with van der Waals surface area (Å²) in [4.78, 5) is 0. The topological polar surface area (TPSA) is 49.8 Å². The molecule has 0 aliphatic rings. The highest BCUT2D eigenvalue weighted by Gasteiger charge is 1.97. The van der Waals surface area contributed by atoms with Crippen molar-refractivity contribution in [1.82, 2.24) is 5.73 Å². The van der Waals surface area contributed by atoms with Gasteiger partial charge < -0.3 is 5.73 Å². The van der Waals surface area contributed by atoms with E-state index in [4.69, 9.17) is 11.5 Å². The lowest BCUT2D eigenvalue weighted by atomic mass is 10.1. The number of benzene rings is 1. The molecule has 2 heteroatoms. The molecule has 0 saturated carbocycles. The molecule has 0 spiro atoms. The lowest BCUT2D eigenvalue weighted by Crippen LogP contribution is -2.04. The first kappa shape index (κ1) is 8.24. The number of hydrogen-bond donors (Lipinski definition) is 1. The monoisotopic (exact) mass is 149 g/mol. The van der Waals surface area contributed by atoms with Crippen LogP contribution < -0.4 is 11.5 Å². The van der Waals surface area contributed by atoms with Crippen LogP contribution in [0.3, 0.4) is 0 Å². The Morgan fingerprint density at radius 3 is 2.27 bits per heavy atom. The summed E-state index contributed by atoms with van der Waals surface area (Å²) in [5.74, 6) is 0. The fraction of sp³-hybridized carbons (Fsp3) is 0.333. The van der Waals surface area contributed by atoms with Crippen molar-refractivity contribution in [3.05, 3.63) is 35.4 Å². The zero-order valence-corrected chi connectivity index (χ0v) is 6.67. The zero-order chi connectivity index (χ0) is 8.27. The zero-order valence-electron chi connectivity index (χ0n) is 6.67. The summed E-state index contributed by atoms with van der Waals surface area (Å²) >= 11 is 0. The molecule has 0 amide bonds. The predicted octanol–water partition coefficient (Wildman–Crippen LogP) is 1.49. The van der Waals surface area contributed by atoms with Crippen LogP contribution in [0.5, 0.6) is 0 Å². The van der Waals surface area contributed by atoms with Crippen LogP contribution in [0.1, 0.15) is 24.1 Å². The number of nitrogens with two attached hydrogens (primary N) is 1. The highest BCUT2D eigenvalue weighted by molar-refractivity contribution is 5.24. The Labute approximate surface area is 67.2 Å². The first-order valence-electron chi connectivity index (χ1n) is 3.73. The second kappa shape index (κ2) is 3.51. The third-order valence-electron chi connectivity index (χ3n) is 1.71. The van der Waals surface area contributed by atoms with Gasteiger partial charge in [0, 0.05) is 12.6 Å². The first-order chi connectivity index (χ1) is 5.24. The minimum Gasteiger partial charge on any atom is -0.324 e. The van der Waals surface area contributed by atoms with Gasteiger partial charge in [-0.05, 0) is 18.1 Å². The van der Waals surface area contributed by atoms with Gasteiger partial charge in [-0.3, -0.25) is 5.73 Å². The van der Waals surface area contributed by atoms with Crippen LogP contribution in [0.4, 0.5) is 0 Å². The van der Waals surface area contributed by atoms with E-state index in [1.807, 2.05) is 31.2 Å². The van der Waals surface area contributed by atoms with Crippen molar-refractivity contribution in [2.45, 2.75) is 19.5 Å². The summed E-state index contributed by atoms with van der Waals surface area (Å²) in [5, 5.41) is 0. The second-order valence-corrected chi connectivity index (χ2v) is 2.71. The van der Waals surface area contributed by atoms with Gasteiger partial charge in [-0.1, -0.05) is 24.3 Å². The molecule has 1 radical (unpaired) electrons. The van der Waals surface area contributed by atoms with Crippen molar-refractivity contribution >= 4 is 0 Å². The first-order valence-corrected chi connectivity index (χ1v) is 3.73. The predicted molar refractivity (Wildman–Crippen MR) is 45.8 cm³/mol. The highest BCUT2D eigenvalue weighted by Crippen LogP contribution is 2.10. The molecule has 0 heterocycles. The van der Waals surface area contributed by atoms with E-state index in [1.165, 1.54) is 0 Å². The molecule has 1 atom stereocenters. The summed E-state index contributed by atoms with van der Waals surface area (Å²) in [6.07, 6.45) is 0. The van der Waals surface area contributed by atoms with Gasteiger partial charge in [0.2, 0.25) is 0 Å². The quantitative estimate of drug-likeness (QED) is 0.680. The summed E-state index contributed by atoms with van der Waals surface area (Å²) in [5.41, 5.74) is 14.9. The molecule has 0 aliphatic carbocycles. The highest BCUT2D eigenvalue weighted by atomic mass is 14.6. The molecular formula is C9H13N2. The molecule has 1 rings (SSSR count). The molecule has 3 N–H and O–H groups in total. The van der Waals surface area contributed by atoms with Crippen molar-refractivity contribution in [2.24, 2.45) is 5.73 Å². The van der Waals surface area contributed by atoms with Gasteiger partial charge in [-0.25, -0.2) is 0 Å². The molecule has 59 valence electrons. The van der Waals surface area contributed by atoms with Crippen molar-refractivity contribution < 1.29 is 0 Å². The van der Waals surface area contributed by atoms with Crippen molar-refractivity contribution in [3.8, 4) is 0 Å². The summed E-state index contributed by atoms with van der Waals surface area (Å²) in [6.45, 7) is 2.30. The van der Waals surface area contributed by atoms with Crippen molar-refractivity contribution in [2.75, 3.05) is 0 Å². The van der Waals surface area contributed by atoms with Crippen LogP contribution in [0.15, 0.2) is 24.3 Å². The molecule has 1 aromatic carbocycles. The van der Waals surface area contributed by atoms with E-state index in [0.717, 1.165) is 11.1 Å². The summed E-state index contributed by atoms with van der Waals surface area (Å²) < 4.78 is 0. The largest absolute Gasteiger partial charge is 0.324 e. The Bertz CT molecular complexity index is 214. The molecule has 0 fully saturated rings. The third-order valence-corrected chi connectivity index (χ3v) is 1.71. The summed E-state index contributed by atoms with van der Waals surface area (Å²) in [7, 11) is 0. The Morgan fingerprint density at radius 1 is 1.36 bits per heavy atom. The molecule has 0 saturated heterocycles. The minimum absolute atomic E-state index is 0.0924. The lowest BCUT2D eigenvalue weighted by molar-refractivity contribution is 0.816. The van der Waals surface area contributed by atoms with Crippen molar-refractivity contribution in [1.29, 1.82) is 0 Å². The van der Waals surface area contributed by atoms with E-state index in [-0.39, 0.29) is 6.04 Å². The molecule has 0 aliphatic heterocycles. The molecule has 1 unspecified atom stereocenters. The molecular weight excluding hydrogens is 136 g/mol. The second-order valence-electron chi connectivity index (χ2n) is 2.71. The smallest absolute Gasteiger partial charge is 0.0351 e. The molecule has 11 heavy (non-hydrogen) atoms. The van der Waals surface area contributed by atoms with Gasteiger partial charge in [0.15, 0.2) is 0 Å². The summed E-state index contributed by atoms with van der Waals surface area (Å²) in [6, 6.07) is 7.95. The number of rotatable bonds is 2. The van der Waals surface area contributed by atoms with Gasteiger partial charge in [0.05, 0.1) is 0 Å². The lowest BCUT2D eigenvalue weighted by Gasteiger charge is -2.04. The molecule has 1 aromatic rings. The standard InChI is InChI=1S/C9H13N2/c1-7(11)9-4-2-8(6-10)3-5-9/h2-5,7,10H,6,11H2,1H3. The van der Waals surface area contributed by atoms with Crippen LogP contribution in [-0.2, 0) is 6.54 Å². The maximum Gasteiger partial charge on any atom is 0.0351 e. The van der Waals surface area contributed by atoms with E-state index in [1.54, 1.807) is 0 Å². The number of hydrogen-bond acceptors (Lipinski definition) is 1. The average molecular weight is 149 g/mol. The van der Waals surface area contributed by atoms with Gasteiger partial charge >= 0.3 is 0 Å².